The van der Waals surface area contributed by atoms with Crippen LogP contribution in [0.4, 0.5) is 0 Å². The molecule has 1 heterocycles. The van der Waals surface area contributed by atoms with Gasteiger partial charge in [-0.25, -0.2) is 0 Å². The Morgan fingerprint density at radius 3 is 2.73 bits per heavy atom. The van der Waals surface area contributed by atoms with Gasteiger partial charge in [0.25, 0.3) is 0 Å². The molecule has 0 radical (unpaired) electrons. The standard InChI is InChI=1S/C11H20BrN3/c1-4-7-15-11(9(12)8-14-15)10(5-2)13-6-3/h8,10,13H,4-7H2,1-3H3. The van der Waals surface area contributed by atoms with E-state index in [1.54, 1.807) is 0 Å². The molecule has 0 amide bonds. The van der Waals surface area contributed by atoms with E-state index in [1.165, 1.54) is 5.69 Å². The van der Waals surface area contributed by atoms with Crippen molar-refractivity contribution in [2.24, 2.45) is 0 Å². The van der Waals surface area contributed by atoms with Gasteiger partial charge in [0.05, 0.1) is 22.4 Å². The SMILES string of the molecule is CCCn1ncc(Br)c1C(CC)NCC. The van der Waals surface area contributed by atoms with Crippen molar-refractivity contribution >= 4 is 15.9 Å². The first-order chi connectivity index (χ1) is 7.24. The van der Waals surface area contributed by atoms with Crippen LogP contribution >= 0.6 is 15.9 Å². The van der Waals surface area contributed by atoms with Crippen LogP contribution in [0.3, 0.4) is 0 Å². The summed E-state index contributed by atoms with van der Waals surface area (Å²) < 4.78 is 3.21. The highest BCUT2D eigenvalue weighted by atomic mass is 79.9. The van der Waals surface area contributed by atoms with Gasteiger partial charge in [0.15, 0.2) is 0 Å². The van der Waals surface area contributed by atoms with E-state index in [2.05, 4.69) is 51.8 Å². The van der Waals surface area contributed by atoms with Crippen LogP contribution in [0.15, 0.2) is 10.7 Å². The molecule has 0 aliphatic carbocycles. The zero-order chi connectivity index (χ0) is 11.3. The lowest BCUT2D eigenvalue weighted by molar-refractivity contribution is 0.469. The van der Waals surface area contributed by atoms with Crippen LogP contribution in [0, 0.1) is 0 Å². The second-order valence-corrected chi connectivity index (χ2v) is 4.47. The fraction of sp³-hybridized carbons (Fsp3) is 0.727. The van der Waals surface area contributed by atoms with Crippen molar-refractivity contribution in [2.75, 3.05) is 6.54 Å². The lowest BCUT2D eigenvalue weighted by atomic mass is 10.1. The van der Waals surface area contributed by atoms with Crippen LogP contribution < -0.4 is 5.32 Å². The molecule has 1 aromatic heterocycles. The first kappa shape index (κ1) is 12.7. The van der Waals surface area contributed by atoms with Gasteiger partial charge in [0, 0.05) is 6.54 Å². The van der Waals surface area contributed by atoms with Crippen molar-refractivity contribution in [3.8, 4) is 0 Å². The molecule has 0 bridgehead atoms. The third-order valence-corrected chi connectivity index (χ3v) is 3.07. The molecule has 86 valence electrons. The number of hydrogen-bond acceptors (Lipinski definition) is 2. The minimum absolute atomic E-state index is 0.401. The third-order valence-electron chi connectivity index (χ3n) is 2.46. The lowest BCUT2D eigenvalue weighted by Crippen LogP contribution is -2.23. The number of rotatable bonds is 6. The minimum atomic E-state index is 0.401. The van der Waals surface area contributed by atoms with Crippen molar-refractivity contribution in [3.63, 3.8) is 0 Å². The Morgan fingerprint density at radius 2 is 2.20 bits per heavy atom. The molecule has 1 unspecified atom stereocenters. The summed E-state index contributed by atoms with van der Waals surface area (Å²) >= 11 is 3.58. The minimum Gasteiger partial charge on any atom is -0.309 e. The molecule has 1 N–H and O–H groups in total. The Hall–Kier alpha value is -0.350. The average Bonchev–Trinajstić information content (AvgIpc) is 2.58. The van der Waals surface area contributed by atoms with Crippen LogP contribution in [0.2, 0.25) is 0 Å². The summed E-state index contributed by atoms with van der Waals surface area (Å²) in [5, 5.41) is 7.87. The maximum absolute atomic E-state index is 4.39. The fourth-order valence-electron chi connectivity index (χ4n) is 1.79. The van der Waals surface area contributed by atoms with Crippen LogP contribution in [0.1, 0.15) is 45.3 Å². The molecular formula is C11H20BrN3. The second-order valence-electron chi connectivity index (χ2n) is 3.62. The molecular weight excluding hydrogens is 254 g/mol. The molecule has 0 saturated heterocycles. The van der Waals surface area contributed by atoms with Crippen LogP contribution in [-0.2, 0) is 6.54 Å². The van der Waals surface area contributed by atoms with Gasteiger partial charge < -0.3 is 5.32 Å². The first-order valence-electron chi connectivity index (χ1n) is 5.69. The second kappa shape index (κ2) is 6.28. The summed E-state index contributed by atoms with van der Waals surface area (Å²) in [6, 6.07) is 0.401. The van der Waals surface area contributed by atoms with Gasteiger partial charge >= 0.3 is 0 Å². The number of halogens is 1. The molecule has 0 saturated carbocycles. The Balaban J connectivity index is 2.92. The normalized spacial score (nSPS) is 13.1. The monoisotopic (exact) mass is 273 g/mol. The summed E-state index contributed by atoms with van der Waals surface area (Å²) in [6.07, 6.45) is 4.09. The topological polar surface area (TPSA) is 29.9 Å². The molecule has 1 atom stereocenters. The lowest BCUT2D eigenvalue weighted by Gasteiger charge is -2.18. The van der Waals surface area contributed by atoms with Gasteiger partial charge in [-0.15, -0.1) is 0 Å². The van der Waals surface area contributed by atoms with Crippen molar-refractivity contribution in [2.45, 2.75) is 46.2 Å². The van der Waals surface area contributed by atoms with Crippen LogP contribution in [0.25, 0.3) is 0 Å². The predicted molar refractivity (Wildman–Crippen MR) is 66.9 cm³/mol. The highest BCUT2D eigenvalue weighted by molar-refractivity contribution is 9.10. The Kier molecular flexibility index (Phi) is 5.32. The number of aromatic nitrogens is 2. The van der Waals surface area contributed by atoms with E-state index in [0.717, 1.165) is 30.4 Å². The Bertz CT molecular complexity index is 296. The molecule has 0 aliphatic heterocycles. The molecule has 1 rings (SSSR count). The quantitative estimate of drug-likeness (QED) is 0.863. The van der Waals surface area contributed by atoms with Gasteiger partial charge in [-0.05, 0) is 35.3 Å². The van der Waals surface area contributed by atoms with Gasteiger partial charge in [0.2, 0.25) is 0 Å². The van der Waals surface area contributed by atoms with E-state index >= 15 is 0 Å². The molecule has 4 heteroatoms. The van der Waals surface area contributed by atoms with Crippen molar-refractivity contribution < 1.29 is 0 Å². The van der Waals surface area contributed by atoms with E-state index in [0.29, 0.717) is 6.04 Å². The summed E-state index contributed by atoms with van der Waals surface area (Å²) in [6.45, 7) is 8.48. The van der Waals surface area contributed by atoms with Gasteiger partial charge in [-0.2, -0.15) is 5.10 Å². The summed E-state index contributed by atoms with van der Waals surface area (Å²) in [7, 11) is 0. The van der Waals surface area contributed by atoms with E-state index in [-0.39, 0.29) is 0 Å². The highest BCUT2D eigenvalue weighted by Crippen LogP contribution is 2.25. The number of nitrogens with zero attached hydrogens (tertiary/aromatic N) is 2. The van der Waals surface area contributed by atoms with Gasteiger partial charge in [-0.1, -0.05) is 20.8 Å². The smallest absolute Gasteiger partial charge is 0.0695 e. The number of nitrogens with one attached hydrogen (secondary N) is 1. The van der Waals surface area contributed by atoms with Crippen molar-refractivity contribution in [3.05, 3.63) is 16.4 Å². The third kappa shape index (κ3) is 3.05. The molecule has 0 spiro atoms. The zero-order valence-corrected chi connectivity index (χ0v) is 11.3. The van der Waals surface area contributed by atoms with E-state index in [4.69, 9.17) is 0 Å². The number of aryl methyl sites for hydroxylation is 1. The average molecular weight is 274 g/mol. The zero-order valence-electron chi connectivity index (χ0n) is 9.76. The Morgan fingerprint density at radius 1 is 1.47 bits per heavy atom. The van der Waals surface area contributed by atoms with Gasteiger partial charge in [-0.3, -0.25) is 4.68 Å². The molecule has 1 aromatic rings. The van der Waals surface area contributed by atoms with E-state index in [1.807, 2.05) is 6.20 Å². The molecule has 3 nitrogen and oxygen atoms in total. The van der Waals surface area contributed by atoms with Crippen LogP contribution in [-0.4, -0.2) is 16.3 Å². The first-order valence-corrected chi connectivity index (χ1v) is 6.48. The summed E-state index contributed by atoms with van der Waals surface area (Å²) in [4.78, 5) is 0. The maximum atomic E-state index is 4.39. The largest absolute Gasteiger partial charge is 0.309 e. The molecule has 0 aromatic carbocycles. The van der Waals surface area contributed by atoms with E-state index < -0.39 is 0 Å². The summed E-state index contributed by atoms with van der Waals surface area (Å²) in [5.74, 6) is 0. The molecule has 0 aliphatic rings. The maximum Gasteiger partial charge on any atom is 0.0695 e. The fourth-order valence-corrected chi connectivity index (χ4v) is 2.36. The molecule has 0 fully saturated rings. The predicted octanol–water partition coefficient (Wildman–Crippen LogP) is 3.12. The van der Waals surface area contributed by atoms with Crippen LogP contribution in [0.5, 0.6) is 0 Å². The molecule has 15 heavy (non-hydrogen) atoms. The summed E-state index contributed by atoms with van der Waals surface area (Å²) in [5.41, 5.74) is 1.28. The Labute approximate surface area is 100 Å². The number of hydrogen-bond donors (Lipinski definition) is 1. The van der Waals surface area contributed by atoms with E-state index in [9.17, 15) is 0 Å². The van der Waals surface area contributed by atoms with Gasteiger partial charge in [0.1, 0.15) is 0 Å². The highest BCUT2D eigenvalue weighted by Gasteiger charge is 2.16. The van der Waals surface area contributed by atoms with Crippen molar-refractivity contribution in [1.82, 2.24) is 15.1 Å². The van der Waals surface area contributed by atoms with Crippen molar-refractivity contribution in [1.29, 1.82) is 0 Å².